The smallest absolute Gasteiger partial charge is 0.255 e. The summed E-state index contributed by atoms with van der Waals surface area (Å²) in [5.41, 5.74) is 0.969. The van der Waals surface area contributed by atoms with Crippen LogP contribution in [-0.4, -0.2) is 19.1 Å². The molecule has 1 saturated carbocycles. The summed E-state index contributed by atoms with van der Waals surface area (Å²) in [6.07, 6.45) is 4.41. The minimum Gasteiger partial charge on any atom is -0.493 e. The number of rotatable bonds is 5. The van der Waals surface area contributed by atoms with Crippen molar-refractivity contribution < 1.29 is 14.3 Å². The molecule has 0 atom stereocenters. The minimum atomic E-state index is -0.387. The van der Waals surface area contributed by atoms with Crippen molar-refractivity contribution in [2.75, 3.05) is 12.4 Å². The van der Waals surface area contributed by atoms with Gasteiger partial charge in [-0.25, -0.2) is 0 Å². The zero-order valence-electron chi connectivity index (χ0n) is 14.7. The SMILES string of the molecule is COc1ccc(C(=O)Nc2c(Cl)cc(C#N)cc2Cl)cc1OC1CCCC1. The van der Waals surface area contributed by atoms with Crippen molar-refractivity contribution in [3.8, 4) is 17.6 Å². The van der Waals surface area contributed by atoms with E-state index in [9.17, 15) is 4.79 Å². The number of benzene rings is 2. The number of carbonyl (C=O) groups excluding carboxylic acids is 1. The number of hydrogen-bond donors (Lipinski definition) is 1. The van der Waals surface area contributed by atoms with Gasteiger partial charge in [-0.1, -0.05) is 23.2 Å². The molecule has 0 aromatic heterocycles. The predicted molar refractivity (Wildman–Crippen MR) is 105 cm³/mol. The van der Waals surface area contributed by atoms with Gasteiger partial charge >= 0.3 is 0 Å². The van der Waals surface area contributed by atoms with E-state index in [1.807, 2.05) is 6.07 Å². The number of anilines is 1. The van der Waals surface area contributed by atoms with Gasteiger partial charge in [0.2, 0.25) is 0 Å². The minimum absolute atomic E-state index is 0.139. The maximum Gasteiger partial charge on any atom is 0.255 e. The van der Waals surface area contributed by atoms with Crippen LogP contribution in [0.1, 0.15) is 41.6 Å². The van der Waals surface area contributed by atoms with Gasteiger partial charge in [-0.15, -0.1) is 0 Å². The zero-order chi connectivity index (χ0) is 19.4. The zero-order valence-corrected chi connectivity index (χ0v) is 16.2. The van der Waals surface area contributed by atoms with Crippen LogP contribution >= 0.6 is 23.2 Å². The van der Waals surface area contributed by atoms with Crippen LogP contribution in [0.5, 0.6) is 11.5 Å². The van der Waals surface area contributed by atoms with Gasteiger partial charge in [0.05, 0.1) is 40.6 Å². The second kappa shape index (κ2) is 8.51. The third-order valence-electron chi connectivity index (χ3n) is 4.43. The highest BCUT2D eigenvalue weighted by molar-refractivity contribution is 6.40. The lowest BCUT2D eigenvalue weighted by molar-refractivity contribution is 0.102. The van der Waals surface area contributed by atoms with Crippen molar-refractivity contribution in [2.24, 2.45) is 0 Å². The molecular weight excluding hydrogens is 387 g/mol. The van der Waals surface area contributed by atoms with E-state index in [0.717, 1.165) is 25.7 Å². The molecule has 3 rings (SSSR count). The maximum atomic E-state index is 12.7. The van der Waals surface area contributed by atoms with Crippen molar-refractivity contribution in [1.29, 1.82) is 5.26 Å². The summed E-state index contributed by atoms with van der Waals surface area (Å²) in [6.45, 7) is 0. The van der Waals surface area contributed by atoms with Crippen molar-refractivity contribution in [2.45, 2.75) is 31.8 Å². The van der Waals surface area contributed by atoms with Gasteiger partial charge in [-0.05, 0) is 56.0 Å². The fourth-order valence-electron chi connectivity index (χ4n) is 3.04. The van der Waals surface area contributed by atoms with Gasteiger partial charge < -0.3 is 14.8 Å². The molecule has 27 heavy (non-hydrogen) atoms. The Kier molecular flexibility index (Phi) is 6.10. The van der Waals surface area contributed by atoms with Gasteiger partial charge in [-0.3, -0.25) is 4.79 Å². The van der Waals surface area contributed by atoms with E-state index >= 15 is 0 Å². The van der Waals surface area contributed by atoms with Crippen molar-refractivity contribution in [3.63, 3.8) is 0 Å². The molecular formula is C20H18Cl2N2O3. The van der Waals surface area contributed by atoms with E-state index in [0.29, 0.717) is 22.6 Å². The molecule has 0 heterocycles. The van der Waals surface area contributed by atoms with Crippen molar-refractivity contribution in [1.82, 2.24) is 0 Å². The number of amides is 1. The Morgan fingerprint density at radius 1 is 1.15 bits per heavy atom. The number of nitrogens with one attached hydrogen (secondary N) is 1. The monoisotopic (exact) mass is 404 g/mol. The summed E-state index contributed by atoms with van der Waals surface area (Å²) in [5.74, 6) is 0.726. The van der Waals surface area contributed by atoms with E-state index < -0.39 is 0 Å². The van der Waals surface area contributed by atoms with Crippen LogP contribution in [-0.2, 0) is 0 Å². The quantitative estimate of drug-likeness (QED) is 0.718. The first kappa shape index (κ1) is 19.3. The van der Waals surface area contributed by atoms with E-state index in [-0.39, 0.29) is 27.7 Å². The number of ether oxygens (including phenoxy) is 2. The topological polar surface area (TPSA) is 71.3 Å². The van der Waals surface area contributed by atoms with Gasteiger partial charge in [0.15, 0.2) is 11.5 Å². The fraction of sp³-hybridized carbons (Fsp3) is 0.300. The third-order valence-corrected chi connectivity index (χ3v) is 5.03. The second-order valence-corrected chi connectivity index (χ2v) is 7.09. The molecule has 0 bridgehead atoms. The molecule has 0 aliphatic heterocycles. The molecule has 0 saturated heterocycles. The highest BCUT2D eigenvalue weighted by atomic mass is 35.5. The van der Waals surface area contributed by atoms with Crippen LogP contribution in [0, 0.1) is 11.3 Å². The highest BCUT2D eigenvalue weighted by Gasteiger charge is 2.20. The number of carbonyl (C=O) groups is 1. The Morgan fingerprint density at radius 2 is 1.81 bits per heavy atom. The number of halogens is 2. The van der Waals surface area contributed by atoms with Crippen molar-refractivity contribution >= 4 is 34.8 Å². The van der Waals surface area contributed by atoms with Crippen LogP contribution in [0.25, 0.3) is 0 Å². The molecule has 1 aliphatic carbocycles. The normalized spacial score (nSPS) is 13.9. The summed E-state index contributed by atoms with van der Waals surface area (Å²) in [7, 11) is 1.56. The standard InChI is InChI=1S/C20H18Cl2N2O3/c1-26-17-7-6-13(10-18(17)27-14-4-2-3-5-14)20(25)24-19-15(21)8-12(11-23)9-16(19)22/h6-10,14H,2-5H2,1H3,(H,24,25). The van der Waals surface area contributed by atoms with E-state index in [2.05, 4.69) is 5.32 Å². The van der Waals surface area contributed by atoms with E-state index in [4.69, 9.17) is 37.9 Å². The Labute approximate surface area is 167 Å². The average Bonchev–Trinajstić information content (AvgIpc) is 3.17. The lowest BCUT2D eigenvalue weighted by Crippen LogP contribution is -2.15. The van der Waals surface area contributed by atoms with Crippen LogP contribution in [0.2, 0.25) is 10.0 Å². The maximum absolute atomic E-state index is 12.7. The molecule has 0 radical (unpaired) electrons. The molecule has 2 aromatic rings. The Hall–Kier alpha value is -2.42. The largest absolute Gasteiger partial charge is 0.493 e. The lowest BCUT2D eigenvalue weighted by atomic mass is 10.1. The van der Waals surface area contributed by atoms with Gasteiger partial charge in [0.1, 0.15) is 0 Å². The Morgan fingerprint density at radius 3 is 2.41 bits per heavy atom. The number of methoxy groups -OCH3 is 1. The summed E-state index contributed by atoms with van der Waals surface area (Å²) < 4.78 is 11.4. The van der Waals surface area contributed by atoms with E-state index in [1.165, 1.54) is 12.1 Å². The first-order chi connectivity index (χ1) is 13.0. The summed E-state index contributed by atoms with van der Waals surface area (Å²) in [5, 5.41) is 12.0. The van der Waals surface area contributed by atoms with Crippen LogP contribution in [0.4, 0.5) is 5.69 Å². The molecule has 7 heteroatoms. The summed E-state index contributed by atoms with van der Waals surface area (Å²) in [4.78, 5) is 12.7. The molecule has 5 nitrogen and oxygen atoms in total. The summed E-state index contributed by atoms with van der Waals surface area (Å²) >= 11 is 12.3. The van der Waals surface area contributed by atoms with Crippen LogP contribution < -0.4 is 14.8 Å². The van der Waals surface area contributed by atoms with Crippen LogP contribution in [0.15, 0.2) is 30.3 Å². The van der Waals surface area contributed by atoms with Gasteiger partial charge in [-0.2, -0.15) is 5.26 Å². The number of nitrogens with zero attached hydrogens (tertiary/aromatic N) is 1. The Bertz CT molecular complexity index is 880. The lowest BCUT2D eigenvalue weighted by Gasteiger charge is -2.17. The highest BCUT2D eigenvalue weighted by Crippen LogP contribution is 2.34. The number of hydrogen-bond acceptors (Lipinski definition) is 4. The molecule has 2 aromatic carbocycles. The molecule has 0 spiro atoms. The van der Waals surface area contributed by atoms with Crippen molar-refractivity contribution in [3.05, 3.63) is 51.5 Å². The average molecular weight is 405 g/mol. The molecule has 1 amide bonds. The fourth-order valence-corrected chi connectivity index (χ4v) is 3.62. The van der Waals surface area contributed by atoms with Gasteiger partial charge in [0.25, 0.3) is 5.91 Å². The molecule has 1 aliphatic rings. The molecule has 1 fully saturated rings. The molecule has 1 N–H and O–H groups in total. The van der Waals surface area contributed by atoms with Crippen LogP contribution in [0.3, 0.4) is 0 Å². The Balaban J connectivity index is 1.83. The van der Waals surface area contributed by atoms with Gasteiger partial charge in [0, 0.05) is 5.56 Å². The second-order valence-electron chi connectivity index (χ2n) is 6.27. The van der Waals surface area contributed by atoms with E-state index in [1.54, 1.807) is 25.3 Å². The predicted octanol–water partition coefficient (Wildman–Crippen LogP) is 5.45. The first-order valence-electron chi connectivity index (χ1n) is 8.57. The summed E-state index contributed by atoms with van der Waals surface area (Å²) in [6, 6.07) is 9.85. The number of nitriles is 1. The third kappa shape index (κ3) is 4.47. The molecule has 140 valence electrons. The molecule has 0 unspecified atom stereocenters. The first-order valence-corrected chi connectivity index (χ1v) is 9.32.